The molecule has 3 rings (SSSR count). The Bertz CT molecular complexity index is 983. The Balaban J connectivity index is 1.95. The largest absolute Gasteiger partial charge is 0.316 e. The van der Waals surface area contributed by atoms with Crippen molar-refractivity contribution in [2.45, 2.75) is 0 Å². The van der Waals surface area contributed by atoms with Gasteiger partial charge >= 0.3 is 0 Å². The Morgan fingerprint density at radius 1 is 1.04 bits per heavy atom. The van der Waals surface area contributed by atoms with Gasteiger partial charge in [-0.2, -0.15) is 9.78 Å². The highest BCUT2D eigenvalue weighted by molar-refractivity contribution is 9.10. The lowest BCUT2D eigenvalue weighted by molar-refractivity contribution is 0.101. The van der Waals surface area contributed by atoms with Gasteiger partial charge in [-0.1, -0.05) is 34.1 Å². The Morgan fingerprint density at radius 2 is 1.68 bits per heavy atom. The highest BCUT2D eigenvalue weighted by atomic mass is 79.9. The summed E-state index contributed by atoms with van der Waals surface area (Å²) in [6, 6.07) is 12.9. The standard InChI is InChI=1S/C17H10BrF2N3O2/c18-10-8-12(19)16(13(20)9-10)21-17(25)14-6-7-15(24)23(22-14)11-4-2-1-3-5-11/h1-9H,(H,21,25). The smallest absolute Gasteiger partial charge is 0.276 e. The average Bonchev–Trinajstić information content (AvgIpc) is 2.59. The van der Waals surface area contributed by atoms with E-state index in [2.05, 4.69) is 26.3 Å². The van der Waals surface area contributed by atoms with Gasteiger partial charge in [-0.25, -0.2) is 8.78 Å². The molecule has 0 aliphatic rings. The van der Waals surface area contributed by atoms with Gasteiger partial charge in [0.15, 0.2) is 11.6 Å². The van der Waals surface area contributed by atoms with E-state index in [0.29, 0.717) is 5.69 Å². The predicted octanol–water partition coefficient (Wildman–Crippen LogP) is 3.53. The van der Waals surface area contributed by atoms with Gasteiger partial charge in [-0.3, -0.25) is 9.59 Å². The third kappa shape index (κ3) is 3.63. The summed E-state index contributed by atoms with van der Waals surface area (Å²) in [6.07, 6.45) is 0. The second-order valence-electron chi connectivity index (χ2n) is 5.00. The summed E-state index contributed by atoms with van der Waals surface area (Å²) in [6.45, 7) is 0. The van der Waals surface area contributed by atoms with Crippen molar-refractivity contribution in [3.8, 4) is 5.69 Å². The summed E-state index contributed by atoms with van der Waals surface area (Å²) in [5.41, 5.74) is -0.732. The first-order chi connectivity index (χ1) is 12.0. The number of para-hydroxylation sites is 1. The molecule has 0 radical (unpaired) electrons. The van der Waals surface area contributed by atoms with Crippen LogP contribution in [0, 0.1) is 11.6 Å². The third-order valence-corrected chi connectivity index (χ3v) is 3.74. The van der Waals surface area contributed by atoms with E-state index in [-0.39, 0.29) is 10.2 Å². The number of nitrogens with zero attached hydrogens (tertiary/aromatic N) is 2. The number of rotatable bonds is 3. The third-order valence-electron chi connectivity index (χ3n) is 3.28. The summed E-state index contributed by atoms with van der Waals surface area (Å²) in [5, 5.41) is 6.09. The molecular weight excluding hydrogens is 396 g/mol. The number of amides is 1. The highest BCUT2D eigenvalue weighted by Gasteiger charge is 2.16. The van der Waals surface area contributed by atoms with Gasteiger partial charge in [0, 0.05) is 10.5 Å². The Labute approximate surface area is 149 Å². The molecule has 3 aromatic rings. The lowest BCUT2D eigenvalue weighted by Crippen LogP contribution is -2.25. The summed E-state index contributed by atoms with van der Waals surface area (Å²) in [7, 11) is 0. The molecule has 1 heterocycles. The molecular formula is C17H10BrF2N3O2. The maximum atomic E-state index is 13.8. The number of anilines is 1. The molecule has 0 saturated heterocycles. The van der Waals surface area contributed by atoms with Crippen LogP contribution in [0.25, 0.3) is 5.69 Å². The number of carbonyl (C=O) groups is 1. The number of benzene rings is 2. The minimum Gasteiger partial charge on any atom is -0.316 e. The van der Waals surface area contributed by atoms with Crippen LogP contribution < -0.4 is 10.9 Å². The topological polar surface area (TPSA) is 64.0 Å². The van der Waals surface area contributed by atoms with Gasteiger partial charge < -0.3 is 5.32 Å². The number of hydrogen-bond donors (Lipinski definition) is 1. The second-order valence-corrected chi connectivity index (χ2v) is 5.92. The van der Waals surface area contributed by atoms with E-state index in [9.17, 15) is 18.4 Å². The van der Waals surface area contributed by atoms with Crippen LogP contribution >= 0.6 is 15.9 Å². The fourth-order valence-corrected chi connectivity index (χ4v) is 2.53. The average molecular weight is 406 g/mol. The molecule has 8 heteroatoms. The maximum absolute atomic E-state index is 13.8. The zero-order chi connectivity index (χ0) is 18.0. The van der Waals surface area contributed by atoms with E-state index >= 15 is 0 Å². The predicted molar refractivity (Wildman–Crippen MR) is 91.8 cm³/mol. The van der Waals surface area contributed by atoms with Gasteiger partial charge in [-0.05, 0) is 30.3 Å². The van der Waals surface area contributed by atoms with Crippen molar-refractivity contribution in [3.05, 3.63) is 86.8 Å². The van der Waals surface area contributed by atoms with Crippen LogP contribution in [0.15, 0.2) is 63.9 Å². The Hall–Kier alpha value is -2.87. The van der Waals surface area contributed by atoms with E-state index < -0.39 is 28.8 Å². The molecule has 2 aromatic carbocycles. The zero-order valence-corrected chi connectivity index (χ0v) is 14.1. The summed E-state index contributed by atoms with van der Waals surface area (Å²) in [4.78, 5) is 24.2. The zero-order valence-electron chi connectivity index (χ0n) is 12.5. The van der Waals surface area contributed by atoms with E-state index in [4.69, 9.17) is 0 Å². The first kappa shape index (κ1) is 17.0. The molecule has 0 fully saturated rings. The molecule has 0 bridgehead atoms. The monoisotopic (exact) mass is 405 g/mol. The first-order valence-corrected chi connectivity index (χ1v) is 7.87. The highest BCUT2D eigenvalue weighted by Crippen LogP contribution is 2.24. The van der Waals surface area contributed by atoms with Crippen molar-refractivity contribution >= 4 is 27.5 Å². The van der Waals surface area contributed by atoms with Crippen LogP contribution in [-0.4, -0.2) is 15.7 Å². The number of aromatic nitrogens is 2. The van der Waals surface area contributed by atoms with Crippen LogP contribution in [0.1, 0.15) is 10.5 Å². The van der Waals surface area contributed by atoms with Gasteiger partial charge in [0.25, 0.3) is 11.5 Å². The molecule has 1 aromatic heterocycles. The number of hydrogen-bond acceptors (Lipinski definition) is 3. The molecule has 126 valence electrons. The van der Waals surface area contributed by atoms with Gasteiger partial charge in [0.1, 0.15) is 11.4 Å². The van der Waals surface area contributed by atoms with Gasteiger partial charge in [0.2, 0.25) is 0 Å². The second kappa shape index (κ2) is 6.94. The van der Waals surface area contributed by atoms with Crippen LogP contribution in [0.3, 0.4) is 0 Å². The minimum atomic E-state index is -0.934. The van der Waals surface area contributed by atoms with Crippen LogP contribution in [0.2, 0.25) is 0 Å². The molecule has 0 saturated carbocycles. The van der Waals surface area contributed by atoms with Crippen LogP contribution in [-0.2, 0) is 0 Å². The van der Waals surface area contributed by atoms with Crippen molar-refractivity contribution in [3.63, 3.8) is 0 Å². The van der Waals surface area contributed by atoms with Crippen molar-refractivity contribution in [2.75, 3.05) is 5.32 Å². The van der Waals surface area contributed by atoms with Gasteiger partial charge in [0.05, 0.1) is 5.69 Å². The van der Waals surface area contributed by atoms with Crippen LogP contribution in [0.4, 0.5) is 14.5 Å². The summed E-state index contributed by atoms with van der Waals surface area (Å²) in [5.74, 6) is -2.71. The molecule has 1 amide bonds. The number of carbonyl (C=O) groups excluding carboxylic acids is 1. The van der Waals surface area contributed by atoms with E-state index in [1.54, 1.807) is 30.3 Å². The minimum absolute atomic E-state index is 0.162. The van der Waals surface area contributed by atoms with Crippen molar-refractivity contribution in [1.29, 1.82) is 0 Å². The van der Waals surface area contributed by atoms with Crippen molar-refractivity contribution in [1.82, 2.24) is 9.78 Å². The molecule has 0 aliphatic carbocycles. The van der Waals surface area contributed by atoms with Gasteiger partial charge in [-0.15, -0.1) is 0 Å². The maximum Gasteiger partial charge on any atom is 0.276 e. The normalized spacial score (nSPS) is 10.5. The first-order valence-electron chi connectivity index (χ1n) is 7.07. The lowest BCUT2D eigenvalue weighted by atomic mass is 10.2. The fourth-order valence-electron chi connectivity index (χ4n) is 2.13. The van der Waals surface area contributed by atoms with E-state index in [1.165, 1.54) is 6.07 Å². The fraction of sp³-hybridized carbons (Fsp3) is 0. The quantitative estimate of drug-likeness (QED) is 0.724. The Morgan fingerprint density at radius 3 is 2.32 bits per heavy atom. The van der Waals surface area contributed by atoms with E-state index in [1.807, 2.05) is 0 Å². The van der Waals surface area contributed by atoms with E-state index in [0.717, 1.165) is 22.9 Å². The number of nitrogens with one attached hydrogen (secondary N) is 1. The van der Waals surface area contributed by atoms with Crippen molar-refractivity contribution in [2.24, 2.45) is 0 Å². The number of halogens is 3. The lowest BCUT2D eigenvalue weighted by Gasteiger charge is -2.09. The van der Waals surface area contributed by atoms with Crippen LogP contribution in [0.5, 0.6) is 0 Å². The summed E-state index contributed by atoms with van der Waals surface area (Å²) >= 11 is 2.96. The molecule has 5 nitrogen and oxygen atoms in total. The molecule has 0 unspecified atom stereocenters. The Kier molecular flexibility index (Phi) is 4.71. The molecule has 0 spiro atoms. The molecule has 0 atom stereocenters. The SMILES string of the molecule is O=C(Nc1c(F)cc(Br)cc1F)c1ccc(=O)n(-c2ccccc2)n1. The summed E-state index contributed by atoms with van der Waals surface area (Å²) < 4.78 is 28.9. The molecule has 0 aliphatic heterocycles. The molecule has 1 N–H and O–H groups in total. The van der Waals surface area contributed by atoms with Crippen molar-refractivity contribution < 1.29 is 13.6 Å². The molecule has 25 heavy (non-hydrogen) atoms.